The van der Waals surface area contributed by atoms with E-state index in [0.717, 1.165) is 12.0 Å². The Bertz CT molecular complexity index is 363. The van der Waals surface area contributed by atoms with Crippen molar-refractivity contribution in [3.63, 3.8) is 0 Å². The zero-order valence-electron chi connectivity index (χ0n) is 8.57. The summed E-state index contributed by atoms with van der Waals surface area (Å²) in [4.78, 5) is 11.5. The van der Waals surface area contributed by atoms with Crippen molar-refractivity contribution in [1.82, 2.24) is 0 Å². The molecule has 0 N–H and O–H groups in total. The second-order valence-corrected chi connectivity index (χ2v) is 5.15. The second-order valence-electron chi connectivity index (χ2n) is 3.74. The molecule has 1 aromatic rings. The molecule has 0 amide bonds. The van der Waals surface area contributed by atoms with Gasteiger partial charge >= 0.3 is 5.97 Å². The van der Waals surface area contributed by atoms with Gasteiger partial charge in [-0.05, 0) is 18.9 Å². The van der Waals surface area contributed by atoms with Crippen molar-refractivity contribution in [2.24, 2.45) is 5.92 Å². The van der Waals surface area contributed by atoms with Gasteiger partial charge in [0.05, 0.1) is 16.8 Å². The molecular weight excluding hydrogens is 256 g/mol. The first kappa shape index (κ1) is 10.7. The molecule has 1 aromatic carbocycles. The number of benzene rings is 1. The molecule has 0 spiro atoms. The SMILES string of the molecule is CCOC(=O)[C@H]1C[C@]1(Br)c1ccccc1. The van der Waals surface area contributed by atoms with Crippen molar-refractivity contribution in [2.45, 2.75) is 17.7 Å². The third kappa shape index (κ3) is 1.93. The summed E-state index contributed by atoms with van der Waals surface area (Å²) >= 11 is 3.63. The Balaban J connectivity index is 2.10. The van der Waals surface area contributed by atoms with Crippen LogP contribution in [0.25, 0.3) is 0 Å². The molecule has 15 heavy (non-hydrogen) atoms. The number of halogens is 1. The molecule has 3 heteroatoms. The molecule has 0 unspecified atom stereocenters. The second kappa shape index (κ2) is 3.97. The number of esters is 1. The Kier molecular flexibility index (Phi) is 2.83. The molecule has 0 bridgehead atoms. The molecule has 2 nitrogen and oxygen atoms in total. The Morgan fingerprint density at radius 3 is 2.80 bits per heavy atom. The Hall–Kier alpha value is -0.830. The van der Waals surface area contributed by atoms with Crippen molar-refractivity contribution in [1.29, 1.82) is 0 Å². The summed E-state index contributed by atoms with van der Waals surface area (Å²) in [5.74, 6) is -0.127. The fourth-order valence-corrected chi connectivity index (χ4v) is 2.56. The highest BCUT2D eigenvalue weighted by Crippen LogP contribution is 2.59. The molecule has 1 saturated carbocycles. The van der Waals surface area contributed by atoms with Crippen LogP contribution < -0.4 is 0 Å². The fraction of sp³-hybridized carbons (Fsp3) is 0.417. The lowest BCUT2D eigenvalue weighted by molar-refractivity contribution is -0.144. The van der Waals surface area contributed by atoms with Crippen LogP contribution in [-0.2, 0) is 13.9 Å². The Labute approximate surface area is 97.8 Å². The van der Waals surface area contributed by atoms with E-state index in [-0.39, 0.29) is 16.2 Å². The maximum atomic E-state index is 11.5. The van der Waals surface area contributed by atoms with Gasteiger partial charge in [0.2, 0.25) is 0 Å². The lowest BCUT2D eigenvalue weighted by Crippen LogP contribution is -2.12. The minimum atomic E-state index is -0.180. The minimum Gasteiger partial charge on any atom is -0.466 e. The third-order valence-electron chi connectivity index (χ3n) is 2.72. The number of hydrogen-bond acceptors (Lipinski definition) is 2. The number of ether oxygens (including phenoxy) is 1. The number of alkyl halides is 1. The molecular formula is C12H13BrO2. The van der Waals surface area contributed by atoms with Crippen LogP contribution >= 0.6 is 15.9 Å². The van der Waals surface area contributed by atoms with Gasteiger partial charge in [0.25, 0.3) is 0 Å². The van der Waals surface area contributed by atoms with Crippen LogP contribution in [-0.4, -0.2) is 12.6 Å². The van der Waals surface area contributed by atoms with Gasteiger partial charge in [-0.1, -0.05) is 46.3 Å². The quantitative estimate of drug-likeness (QED) is 0.623. The normalized spacial score (nSPS) is 28.5. The topological polar surface area (TPSA) is 26.3 Å². The van der Waals surface area contributed by atoms with Gasteiger partial charge in [-0.25, -0.2) is 0 Å². The van der Waals surface area contributed by atoms with E-state index in [2.05, 4.69) is 15.9 Å². The van der Waals surface area contributed by atoms with E-state index >= 15 is 0 Å². The molecule has 2 atom stereocenters. The van der Waals surface area contributed by atoms with Crippen LogP contribution in [0.1, 0.15) is 18.9 Å². The zero-order chi connectivity index (χ0) is 10.9. The summed E-state index contributed by atoms with van der Waals surface area (Å²) < 4.78 is 4.83. The van der Waals surface area contributed by atoms with Gasteiger partial charge in [0, 0.05) is 0 Å². The van der Waals surface area contributed by atoms with Crippen molar-refractivity contribution in [3.8, 4) is 0 Å². The van der Waals surface area contributed by atoms with Gasteiger partial charge < -0.3 is 4.74 Å². The molecule has 2 rings (SSSR count). The molecule has 0 radical (unpaired) electrons. The highest BCUT2D eigenvalue weighted by Gasteiger charge is 2.58. The molecule has 1 fully saturated rings. The smallest absolute Gasteiger partial charge is 0.310 e. The van der Waals surface area contributed by atoms with E-state index in [1.165, 1.54) is 0 Å². The maximum Gasteiger partial charge on any atom is 0.310 e. The van der Waals surface area contributed by atoms with Gasteiger partial charge in [-0.15, -0.1) is 0 Å². The third-order valence-corrected chi connectivity index (χ3v) is 4.05. The average Bonchev–Trinajstić information content (AvgIpc) is 2.94. The number of carbonyl (C=O) groups is 1. The van der Waals surface area contributed by atoms with Gasteiger partial charge in [0.15, 0.2) is 0 Å². The van der Waals surface area contributed by atoms with Gasteiger partial charge in [0.1, 0.15) is 0 Å². The summed E-state index contributed by atoms with van der Waals surface area (Å²) in [5, 5.41) is 0. The van der Waals surface area contributed by atoms with Gasteiger partial charge in [-0.2, -0.15) is 0 Å². The van der Waals surface area contributed by atoms with E-state index in [9.17, 15) is 4.79 Å². The lowest BCUT2D eigenvalue weighted by Gasteiger charge is -2.08. The summed E-state index contributed by atoms with van der Waals surface area (Å²) in [6.45, 7) is 2.28. The molecule has 80 valence electrons. The van der Waals surface area contributed by atoms with E-state index < -0.39 is 0 Å². The highest BCUT2D eigenvalue weighted by atomic mass is 79.9. The first-order valence-electron chi connectivity index (χ1n) is 5.09. The monoisotopic (exact) mass is 268 g/mol. The van der Waals surface area contributed by atoms with Crippen LogP contribution in [0, 0.1) is 5.92 Å². The van der Waals surface area contributed by atoms with Crippen LogP contribution in [0.5, 0.6) is 0 Å². The standard InChI is InChI=1S/C12H13BrO2/c1-2-15-11(14)10-8-12(10,13)9-6-4-3-5-7-9/h3-7,10H,2,8H2,1H3/t10-,12+/m1/s1. The summed E-state index contributed by atoms with van der Waals surface area (Å²) in [6, 6.07) is 10.0. The number of hydrogen-bond donors (Lipinski definition) is 0. The van der Waals surface area contributed by atoms with Crippen LogP contribution in [0.15, 0.2) is 30.3 Å². The van der Waals surface area contributed by atoms with Crippen molar-refractivity contribution < 1.29 is 9.53 Å². The number of rotatable bonds is 3. The molecule has 0 heterocycles. The van der Waals surface area contributed by atoms with E-state index in [4.69, 9.17) is 4.74 Å². The minimum absolute atomic E-state index is 0.0279. The number of carbonyl (C=O) groups excluding carboxylic acids is 1. The predicted molar refractivity (Wildman–Crippen MR) is 61.8 cm³/mol. The molecule has 1 aliphatic carbocycles. The summed E-state index contributed by atoms with van der Waals surface area (Å²) in [6.07, 6.45) is 0.829. The molecule has 0 aliphatic heterocycles. The van der Waals surface area contributed by atoms with Crippen molar-refractivity contribution >= 4 is 21.9 Å². The summed E-state index contributed by atoms with van der Waals surface area (Å²) in [7, 11) is 0. The lowest BCUT2D eigenvalue weighted by atomic mass is 10.1. The average molecular weight is 269 g/mol. The molecule has 0 aromatic heterocycles. The Morgan fingerprint density at radius 2 is 2.20 bits per heavy atom. The largest absolute Gasteiger partial charge is 0.466 e. The first-order valence-corrected chi connectivity index (χ1v) is 5.89. The van der Waals surface area contributed by atoms with Crippen LogP contribution in [0.4, 0.5) is 0 Å². The zero-order valence-corrected chi connectivity index (χ0v) is 10.2. The first-order chi connectivity index (χ1) is 7.18. The van der Waals surface area contributed by atoms with Gasteiger partial charge in [-0.3, -0.25) is 4.79 Å². The van der Waals surface area contributed by atoms with Crippen LogP contribution in [0.2, 0.25) is 0 Å². The predicted octanol–water partition coefficient (Wildman–Crippen LogP) is 2.86. The summed E-state index contributed by atoms with van der Waals surface area (Å²) in [5.41, 5.74) is 1.16. The molecule has 0 saturated heterocycles. The van der Waals surface area contributed by atoms with E-state index in [0.29, 0.717) is 6.61 Å². The van der Waals surface area contributed by atoms with Crippen molar-refractivity contribution in [2.75, 3.05) is 6.61 Å². The Morgan fingerprint density at radius 1 is 1.53 bits per heavy atom. The van der Waals surface area contributed by atoms with Crippen molar-refractivity contribution in [3.05, 3.63) is 35.9 Å². The van der Waals surface area contributed by atoms with E-state index in [1.54, 1.807) is 0 Å². The van der Waals surface area contributed by atoms with E-state index in [1.807, 2.05) is 37.3 Å². The maximum absolute atomic E-state index is 11.5. The fourth-order valence-electron chi connectivity index (χ4n) is 1.79. The highest BCUT2D eigenvalue weighted by molar-refractivity contribution is 9.09. The van der Waals surface area contributed by atoms with Crippen LogP contribution in [0.3, 0.4) is 0 Å². The molecule has 1 aliphatic rings.